The molecule has 4 rings (SSSR count). The van der Waals surface area contributed by atoms with Crippen molar-refractivity contribution in [3.63, 3.8) is 0 Å². The number of ether oxygens (including phenoxy) is 1. The average molecular weight is 500 g/mol. The summed E-state index contributed by atoms with van der Waals surface area (Å²) < 4.78 is 6.37. The van der Waals surface area contributed by atoms with Crippen LogP contribution in [0, 0.1) is 5.92 Å². The predicted molar refractivity (Wildman–Crippen MR) is 139 cm³/mol. The summed E-state index contributed by atoms with van der Waals surface area (Å²) in [4.78, 5) is 16.9. The third kappa shape index (κ3) is 6.54. The number of rotatable bonds is 10. The Morgan fingerprint density at radius 2 is 1.97 bits per heavy atom. The van der Waals surface area contributed by atoms with Crippen molar-refractivity contribution in [2.24, 2.45) is 5.92 Å². The highest BCUT2D eigenvalue weighted by Gasteiger charge is 2.46. The molecule has 1 aliphatic carbocycles. The topological polar surface area (TPSA) is 83.5 Å². The molecule has 0 bridgehead atoms. The van der Waals surface area contributed by atoms with Crippen LogP contribution in [-0.4, -0.2) is 40.3 Å². The number of nitrogens with one attached hydrogen (secondary N) is 2. The Balaban J connectivity index is 1.49. The lowest BCUT2D eigenvalue weighted by Crippen LogP contribution is -2.52. The maximum Gasteiger partial charge on any atom is 0.220 e. The molecule has 0 saturated heterocycles. The standard InChI is InChI=1S/C28H38ClN3O3/c1-4-26(34)32-23(14-19-6-8-21(29)9-7-19)25(33)17-30-24-15-28(10-5-11-28)35-27-22(24)13-20(16-31-27)12-18(2)3/h6-9,13,16,18,23-25,30,33H,4-5,10-12,14-15,17H2,1-3H3,(H,32,34)/t23-,24-,25+/m0/s1. The molecule has 2 heterocycles. The third-order valence-electron chi connectivity index (χ3n) is 7.18. The fourth-order valence-electron chi connectivity index (χ4n) is 5.09. The number of halogens is 1. The van der Waals surface area contributed by atoms with Gasteiger partial charge in [0.25, 0.3) is 0 Å². The summed E-state index contributed by atoms with van der Waals surface area (Å²) in [5.74, 6) is 1.18. The zero-order chi connectivity index (χ0) is 25.0. The molecule has 1 fully saturated rings. The van der Waals surface area contributed by atoms with Crippen molar-refractivity contribution in [3.8, 4) is 5.88 Å². The first-order valence-electron chi connectivity index (χ1n) is 12.9. The summed E-state index contributed by atoms with van der Waals surface area (Å²) in [6, 6.07) is 9.39. The quantitative estimate of drug-likeness (QED) is 0.438. The van der Waals surface area contributed by atoms with Gasteiger partial charge in [-0.25, -0.2) is 4.98 Å². The lowest BCUT2D eigenvalue weighted by atomic mass is 9.73. The van der Waals surface area contributed by atoms with Crippen molar-refractivity contribution in [3.05, 3.63) is 58.2 Å². The van der Waals surface area contributed by atoms with Gasteiger partial charge in [-0.05, 0) is 67.3 Å². The van der Waals surface area contributed by atoms with Crippen LogP contribution in [0.2, 0.25) is 5.02 Å². The van der Waals surface area contributed by atoms with Crippen molar-refractivity contribution < 1.29 is 14.6 Å². The zero-order valence-electron chi connectivity index (χ0n) is 21.0. The van der Waals surface area contributed by atoms with E-state index in [4.69, 9.17) is 16.3 Å². The van der Waals surface area contributed by atoms with Gasteiger partial charge >= 0.3 is 0 Å². The van der Waals surface area contributed by atoms with Crippen molar-refractivity contribution in [2.45, 2.75) is 89.5 Å². The van der Waals surface area contributed by atoms with E-state index in [9.17, 15) is 9.90 Å². The molecule has 1 aromatic heterocycles. The molecule has 1 spiro atoms. The number of hydrogen-bond acceptors (Lipinski definition) is 5. The number of nitrogens with zero attached hydrogens (tertiary/aromatic N) is 1. The molecule has 1 amide bonds. The monoisotopic (exact) mass is 499 g/mol. The summed E-state index contributed by atoms with van der Waals surface area (Å²) in [5.41, 5.74) is 3.14. The van der Waals surface area contributed by atoms with Gasteiger partial charge in [0.15, 0.2) is 0 Å². The maximum atomic E-state index is 12.2. The molecular formula is C28H38ClN3O3. The Kier molecular flexibility index (Phi) is 8.35. The second-order valence-electron chi connectivity index (χ2n) is 10.6. The smallest absolute Gasteiger partial charge is 0.220 e. The minimum atomic E-state index is -0.753. The van der Waals surface area contributed by atoms with E-state index >= 15 is 0 Å². The van der Waals surface area contributed by atoms with Crippen LogP contribution >= 0.6 is 11.6 Å². The van der Waals surface area contributed by atoms with E-state index < -0.39 is 12.1 Å². The fraction of sp³-hybridized carbons (Fsp3) is 0.571. The first kappa shape index (κ1) is 25.9. The van der Waals surface area contributed by atoms with Crippen LogP contribution in [-0.2, 0) is 17.6 Å². The number of pyridine rings is 1. The molecular weight excluding hydrogens is 462 g/mol. The first-order chi connectivity index (χ1) is 16.8. The molecule has 1 aliphatic heterocycles. The normalized spacial score (nSPS) is 20.0. The summed E-state index contributed by atoms with van der Waals surface area (Å²) >= 11 is 6.03. The molecule has 6 nitrogen and oxygen atoms in total. The van der Waals surface area contributed by atoms with E-state index in [1.807, 2.05) is 37.4 Å². The van der Waals surface area contributed by atoms with Gasteiger partial charge in [-0.2, -0.15) is 0 Å². The van der Waals surface area contributed by atoms with E-state index in [1.54, 1.807) is 0 Å². The molecule has 1 aromatic carbocycles. The Morgan fingerprint density at radius 1 is 1.23 bits per heavy atom. The van der Waals surface area contributed by atoms with Crippen LogP contribution in [0.5, 0.6) is 5.88 Å². The number of aliphatic hydroxyl groups is 1. The molecule has 3 atom stereocenters. The van der Waals surface area contributed by atoms with Gasteiger partial charge in [-0.1, -0.05) is 44.5 Å². The lowest BCUT2D eigenvalue weighted by Gasteiger charge is -2.47. The van der Waals surface area contributed by atoms with E-state index in [0.29, 0.717) is 36.2 Å². The molecule has 35 heavy (non-hydrogen) atoms. The van der Waals surface area contributed by atoms with E-state index in [1.165, 1.54) is 12.0 Å². The maximum absolute atomic E-state index is 12.2. The second-order valence-corrected chi connectivity index (χ2v) is 11.0. The van der Waals surface area contributed by atoms with Gasteiger partial charge in [-0.3, -0.25) is 4.79 Å². The van der Waals surface area contributed by atoms with Crippen LogP contribution in [0.15, 0.2) is 36.5 Å². The summed E-state index contributed by atoms with van der Waals surface area (Å²) in [5, 5.41) is 18.5. The highest BCUT2D eigenvalue weighted by Crippen LogP contribution is 2.48. The highest BCUT2D eigenvalue weighted by molar-refractivity contribution is 6.30. The SMILES string of the molecule is CCC(=O)N[C@@H](Cc1ccc(Cl)cc1)[C@H](O)CN[C@H]1CC2(CCC2)Oc2ncc(CC(C)C)cc21. The van der Waals surface area contributed by atoms with Gasteiger partial charge in [0.05, 0.1) is 12.1 Å². The largest absolute Gasteiger partial charge is 0.471 e. The molecule has 1 saturated carbocycles. The first-order valence-corrected chi connectivity index (χ1v) is 13.3. The van der Waals surface area contributed by atoms with Gasteiger partial charge in [0.2, 0.25) is 11.8 Å². The van der Waals surface area contributed by atoms with Gasteiger partial charge in [0, 0.05) is 42.2 Å². The number of aliphatic hydroxyl groups excluding tert-OH is 1. The molecule has 0 unspecified atom stereocenters. The highest BCUT2D eigenvalue weighted by atomic mass is 35.5. The summed E-state index contributed by atoms with van der Waals surface area (Å²) in [7, 11) is 0. The van der Waals surface area contributed by atoms with Gasteiger partial charge < -0.3 is 20.5 Å². The number of hydrogen-bond donors (Lipinski definition) is 3. The molecule has 3 N–H and O–H groups in total. The number of aromatic nitrogens is 1. The molecule has 2 aromatic rings. The minimum Gasteiger partial charge on any atom is -0.471 e. The molecule has 2 aliphatic rings. The van der Waals surface area contributed by atoms with Crippen LogP contribution in [0.3, 0.4) is 0 Å². The number of carbonyl (C=O) groups is 1. The molecule has 7 heteroatoms. The summed E-state index contributed by atoms with van der Waals surface area (Å²) in [6.45, 7) is 6.59. The fourth-order valence-corrected chi connectivity index (χ4v) is 5.22. The Hall–Kier alpha value is -2.15. The third-order valence-corrected chi connectivity index (χ3v) is 7.44. The van der Waals surface area contributed by atoms with Crippen LogP contribution in [0.25, 0.3) is 0 Å². The van der Waals surface area contributed by atoms with E-state index in [0.717, 1.165) is 36.8 Å². The molecule has 0 radical (unpaired) electrons. The van der Waals surface area contributed by atoms with Gasteiger partial charge in [-0.15, -0.1) is 0 Å². The number of benzene rings is 1. The Morgan fingerprint density at radius 3 is 2.60 bits per heavy atom. The summed E-state index contributed by atoms with van der Waals surface area (Å²) in [6.07, 6.45) is 7.15. The van der Waals surface area contributed by atoms with Crippen LogP contribution < -0.4 is 15.4 Å². The lowest BCUT2D eigenvalue weighted by molar-refractivity contribution is -0.122. The average Bonchev–Trinajstić information content (AvgIpc) is 2.81. The van der Waals surface area contributed by atoms with Crippen LogP contribution in [0.4, 0.5) is 0 Å². The predicted octanol–water partition coefficient (Wildman–Crippen LogP) is 4.77. The minimum absolute atomic E-state index is 0.0476. The van der Waals surface area contributed by atoms with Gasteiger partial charge in [0.1, 0.15) is 5.60 Å². The molecule has 190 valence electrons. The number of amides is 1. The van der Waals surface area contributed by atoms with E-state index in [-0.39, 0.29) is 17.6 Å². The zero-order valence-corrected chi connectivity index (χ0v) is 21.8. The van der Waals surface area contributed by atoms with Crippen molar-refractivity contribution in [2.75, 3.05) is 6.54 Å². The van der Waals surface area contributed by atoms with Crippen molar-refractivity contribution >= 4 is 17.5 Å². The number of fused-ring (bicyclic) bond motifs is 1. The Bertz CT molecular complexity index is 1010. The number of carbonyl (C=O) groups excluding carboxylic acids is 1. The van der Waals surface area contributed by atoms with Crippen molar-refractivity contribution in [1.82, 2.24) is 15.6 Å². The Labute approximate surface area is 213 Å². The van der Waals surface area contributed by atoms with Crippen molar-refractivity contribution in [1.29, 1.82) is 0 Å². The van der Waals surface area contributed by atoms with E-state index in [2.05, 4.69) is 35.5 Å². The second kappa shape index (κ2) is 11.3. The van der Waals surface area contributed by atoms with Crippen LogP contribution in [0.1, 0.15) is 75.6 Å².